The standard InChI is InChI=1S/C19H29N3O3/c1-2-24-15-12-14(19(15)10-5-11-19)20-16(23)8-9-17-21-22-18(25-17)13-6-3-4-7-13/h13-15H,2-12H2,1H3,(H,20,23)/t14-,15-/m1/s1. The van der Waals surface area contributed by atoms with Crippen molar-refractivity contribution in [1.29, 1.82) is 0 Å². The zero-order valence-corrected chi connectivity index (χ0v) is 15.1. The maximum Gasteiger partial charge on any atom is 0.220 e. The highest BCUT2D eigenvalue weighted by molar-refractivity contribution is 5.76. The largest absolute Gasteiger partial charge is 0.425 e. The molecule has 1 N–H and O–H groups in total. The fourth-order valence-electron chi connectivity index (χ4n) is 4.83. The SMILES string of the molecule is CCO[C@@H]1C[C@@H](NC(=O)CCc2nnc(C3CCCC3)o2)C12CCC2. The second-order valence-corrected chi connectivity index (χ2v) is 7.90. The van der Waals surface area contributed by atoms with E-state index in [2.05, 4.69) is 15.5 Å². The van der Waals surface area contributed by atoms with Crippen molar-refractivity contribution in [1.82, 2.24) is 15.5 Å². The van der Waals surface area contributed by atoms with Crippen LogP contribution in [0.5, 0.6) is 0 Å². The molecule has 0 bridgehead atoms. The molecule has 3 fully saturated rings. The van der Waals surface area contributed by atoms with Crippen LogP contribution >= 0.6 is 0 Å². The lowest BCUT2D eigenvalue weighted by atomic mass is 9.51. The number of aryl methyl sites for hydroxylation is 1. The zero-order chi connectivity index (χ0) is 17.3. The normalized spacial score (nSPS) is 27.9. The molecule has 3 aliphatic rings. The summed E-state index contributed by atoms with van der Waals surface area (Å²) in [5.74, 6) is 1.88. The summed E-state index contributed by atoms with van der Waals surface area (Å²) in [5.41, 5.74) is 0.214. The highest BCUT2D eigenvalue weighted by Crippen LogP contribution is 2.57. The van der Waals surface area contributed by atoms with Crippen molar-refractivity contribution in [3.8, 4) is 0 Å². The smallest absolute Gasteiger partial charge is 0.220 e. The van der Waals surface area contributed by atoms with Gasteiger partial charge in [-0.25, -0.2) is 0 Å². The van der Waals surface area contributed by atoms with Gasteiger partial charge in [-0.3, -0.25) is 4.79 Å². The van der Waals surface area contributed by atoms with Crippen molar-refractivity contribution in [2.75, 3.05) is 6.61 Å². The first-order valence-corrected chi connectivity index (χ1v) is 9.94. The van der Waals surface area contributed by atoms with Crippen LogP contribution in [0.3, 0.4) is 0 Å². The third kappa shape index (κ3) is 3.21. The van der Waals surface area contributed by atoms with Gasteiger partial charge in [0.2, 0.25) is 17.7 Å². The summed E-state index contributed by atoms with van der Waals surface area (Å²) in [6, 6.07) is 0.280. The van der Waals surface area contributed by atoms with Gasteiger partial charge in [0.25, 0.3) is 0 Å². The van der Waals surface area contributed by atoms with E-state index in [0.29, 0.717) is 30.8 Å². The molecule has 0 aromatic carbocycles. The van der Waals surface area contributed by atoms with Crippen LogP contribution in [-0.4, -0.2) is 34.9 Å². The number of carbonyl (C=O) groups is 1. The second kappa shape index (κ2) is 7.06. The number of aromatic nitrogens is 2. The summed E-state index contributed by atoms with van der Waals surface area (Å²) in [6.07, 6.45) is 10.6. The molecule has 2 atom stereocenters. The van der Waals surface area contributed by atoms with E-state index >= 15 is 0 Å². The number of ether oxygens (including phenoxy) is 1. The Morgan fingerprint density at radius 2 is 2.08 bits per heavy atom. The highest BCUT2D eigenvalue weighted by Gasteiger charge is 2.59. The van der Waals surface area contributed by atoms with E-state index in [1.165, 1.54) is 32.1 Å². The predicted octanol–water partition coefficient (Wildman–Crippen LogP) is 3.12. The summed E-state index contributed by atoms with van der Waals surface area (Å²) in [6.45, 7) is 2.80. The van der Waals surface area contributed by atoms with Crippen molar-refractivity contribution in [3.05, 3.63) is 11.8 Å². The first kappa shape index (κ1) is 17.0. The molecule has 25 heavy (non-hydrogen) atoms. The van der Waals surface area contributed by atoms with Crippen molar-refractivity contribution in [2.24, 2.45) is 5.41 Å². The van der Waals surface area contributed by atoms with E-state index in [4.69, 9.17) is 9.15 Å². The average Bonchev–Trinajstić information content (AvgIpc) is 3.21. The van der Waals surface area contributed by atoms with Crippen molar-refractivity contribution >= 4 is 5.91 Å². The van der Waals surface area contributed by atoms with E-state index in [-0.39, 0.29) is 17.4 Å². The lowest BCUT2D eigenvalue weighted by Gasteiger charge is -2.61. The zero-order valence-electron chi connectivity index (χ0n) is 15.1. The number of rotatable bonds is 7. The highest BCUT2D eigenvalue weighted by atomic mass is 16.5. The minimum Gasteiger partial charge on any atom is -0.425 e. The van der Waals surface area contributed by atoms with E-state index < -0.39 is 0 Å². The Kier molecular flexibility index (Phi) is 4.80. The number of hydrogen-bond donors (Lipinski definition) is 1. The third-order valence-electron chi connectivity index (χ3n) is 6.53. The van der Waals surface area contributed by atoms with Gasteiger partial charge in [0.05, 0.1) is 6.10 Å². The average molecular weight is 347 g/mol. The van der Waals surface area contributed by atoms with Gasteiger partial charge in [0.1, 0.15) is 0 Å². The topological polar surface area (TPSA) is 77.2 Å². The number of hydrogen-bond acceptors (Lipinski definition) is 5. The van der Waals surface area contributed by atoms with Crippen LogP contribution < -0.4 is 5.32 Å². The summed E-state index contributed by atoms with van der Waals surface area (Å²) in [4.78, 5) is 12.3. The van der Waals surface area contributed by atoms with Gasteiger partial charge in [0, 0.05) is 36.8 Å². The number of nitrogens with zero attached hydrogens (tertiary/aromatic N) is 2. The molecule has 1 aromatic rings. The van der Waals surface area contributed by atoms with E-state index in [0.717, 1.165) is 31.8 Å². The summed E-state index contributed by atoms with van der Waals surface area (Å²) in [5, 5.41) is 11.5. The lowest BCUT2D eigenvalue weighted by Crippen LogP contribution is -2.67. The summed E-state index contributed by atoms with van der Waals surface area (Å²) < 4.78 is 11.6. The van der Waals surface area contributed by atoms with Gasteiger partial charge in [-0.2, -0.15) is 0 Å². The van der Waals surface area contributed by atoms with Crippen LogP contribution in [-0.2, 0) is 16.0 Å². The third-order valence-corrected chi connectivity index (χ3v) is 6.53. The second-order valence-electron chi connectivity index (χ2n) is 7.90. The maximum atomic E-state index is 12.3. The lowest BCUT2D eigenvalue weighted by molar-refractivity contribution is -0.175. The number of nitrogens with one attached hydrogen (secondary N) is 1. The number of carbonyl (C=O) groups excluding carboxylic acids is 1. The molecule has 138 valence electrons. The van der Waals surface area contributed by atoms with Gasteiger partial charge >= 0.3 is 0 Å². The van der Waals surface area contributed by atoms with Gasteiger partial charge in [-0.05, 0) is 39.0 Å². The van der Waals surface area contributed by atoms with Gasteiger partial charge in [0.15, 0.2) is 0 Å². The molecular formula is C19H29N3O3. The fourth-order valence-corrected chi connectivity index (χ4v) is 4.83. The van der Waals surface area contributed by atoms with Crippen LogP contribution in [0.4, 0.5) is 0 Å². The molecule has 1 amide bonds. The van der Waals surface area contributed by atoms with E-state index in [1.54, 1.807) is 0 Å². The summed E-state index contributed by atoms with van der Waals surface area (Å²) in [7, 11) is 0. The molecule has 0 unspecified atom stereocenters. The molecule has 6 nitrogen and oxygen atoms in total. The van der Waals surface area contributed by atoms with Crippen LogP contribution in [0.2, 0.25) is 0 Å². The minimum atomic E-state index is 0.0897. The molecule has 3 aliphatic carbocycles. The van der Waals surface area contributed by atoms with Gasteiger partial charge < -0.3 is 14.5 Å². The van der Waals surface area contributed by atoms with Gasteiger partial charge in [-0.15, -0.1) is 10.2 Å². The first-order chi connectivity index (χ1) is 12.2. The Morgan fingerprint density at radius 1 is 1.28 bits per heavy atom. The molecule has 0 aliphatic heterocycles. The van der Waals surface area contributed by atoms with Crippen LogP contribution in [0.25, 0.3) is 0 Å². The monoisotopic (exact) mass is 347 g/mol. The van der Waals surface area contributed by atoms with E-state index in [9.17, 15) is 4.79 Å². The van der Waals surface area contributed by atoms with Crippen molar-refractivity contribution in [3.63, 3.8) is 0 Å². The molecule has 0 radical (unpaired) electrons. The van der Waals surface area contributed by atoms with Crippen molar-refractivity contribution in [2.45, 2.75) is 89.2 Å². The molecule has 4 rings (SSSR count). The molecule has 1 aromatic heterocycles. The minimum absolute atomic E-state index is 0.0897. The van der Waals surface area contributed by atoms with Crippen LogP contribution in [0.1, 0.15) is 82.4 Å². The molecule has 6 heteroatoms. The van der Waals surface area contributed by atoms with Gasteiger partial charge in [-0.1, -0.05) is 19.3 Å². The quantitative estimate of drug-likeness (QED) is 0.820. The maximum absolute atomic E-state index is 12.3. The predicted molar refractivity (Wildman–Crippen MR) is 92.1 cm³/mol. The Balaban J connectivity index is 1.24. The van der Waals surface area contributed by atoms with Crippen LogP contribution in [0, 0.1) is 5.41 Å². The van der Waals surface area contributed by atoms with Crippen LogP contribution in [0.15, 0.2) is 4.42 Å². The molecule has 1 spiro atoms. The molecule has 1 heterocycles. The first-order valence-electron chi connectivity index (χ1n) is 9.94. The Morgan fingerprint density at radius 3 is 2.76 bits per heavy atom. The Hall–Kier alpha value is -1.43. The Bertz CT molecular complexity index is 605. The molecule has 0 saturated heterocycles. The fraction of sp³-hybridized carbons (Fsp3) is 0.842. The summed E-state index contributed by atoms with van der Waals surface area (Å²) >= 11 is 0. The Labute approximate surface area is 149 Å². The number of amides is 1. The molecule has 3 saturated carbocycles. The van der Waals surface area contributed by atoms with E-state index in [1.807, 2.05) is 6.92 Å². The molecular weight excluding hydrogens is 318 g/mol. The van der Waals surface area contributed by atoms with Crippen molar-refractivity contribution < 1.29 is 13.9 Å².